The van der Waals surface area contributed by atoms with E-state index < -0.39 is 6.10 Å². The van der Waals surface area contributed by atoms with Gasteiger partial charge in [0, 0.05) is 5.56 Å². The molecule has 0 aliphatic carbocycles. The Morgan fingerprint density at radius 3 is 2.07 bits per heavy atom. The molecule has 0 amide bonds. The second kappa shape index (κ2) is 10.3. The minimum Gasteiger partial charge on any atom is -0.493 e. The molecule has 3 rings (SSSR count). The van der Waals surface area contributed by atoms with Gasteiger partial charge in [-0.3, -0.25) is 0 Å². The molecule has 28 heavy (non-hydrogen) atoms. The first-order chi connectivity index (χ1) is 13.7. The number of benzene rings is 2. The number of aliphatic hydroxyl groups is 1. The summed E-state index contributed by atoms with van der Waals surface area (Å²) in [4.78, 5) is 3.04. The molecule has 6 nitrogen and oxygen atoms in total. The van der Waals surface area contributed by atoms with Crippen LogP contribution in [-0.4, -0.2) is 64.8 Å². The number of hydrogen-bond donors (Lipinski definition) is 3. The molecule has 0 spiro atoms. The number of ether oxygens (including phenoxy) is 3. The van der Waals surface area contributed by atoms with Crippen molar-refractivity contribution < 1.29 is 29.1 Å². The van der Waals surface area contributed by atoms with Crippen LogP contribution in [0.15, 0.2) is 48.5 Å². The lowest BCUT2D eigenvalue weighted by Crippen LogP contribution is -3.28. The molecule has 1 fully saturated rings. The van der Waals surface area contributed by atoms with Gasteiger partial charge in [0.05, 0.1) is 14.2 Å². The number of nitrogens with one attached hydrogen (secondary N) is 2. The minimum atomic E-state index is -0.528. The Hall–Kier alpha value is -2.28. The van der Waals surface area contributed by atoms with E-state index in [1.54, 1.807) is 19.1 Å². The van der Waals surface area contributed by atoms with Gasteiger partial charge in [-0.05, 0) is 12.1 Å². The summed E-state index contributed by atoms with van der Waals surface area (Å²) in [6.45, 7) is 6.37. The van der Waals surface area contributed by atoms with Crippen LogP contribution in [0.4, 0.5) is 0 Å². The molecule has 0 aromatic heterocycles. The van der Waals surface area contributed by atoms with Crippen LogP contribution < -0.4 is 24.0 Å². The van der Waals surface area contributed by atoms with Gasteiger partial charge in [-0.25, -0.2) is 0 Å². The van der Waals surface area contributed by atoms with E-state index in [0.717, 1.165) is 32.7 Å². The zero-order valence-corrected chi connectivity index (χ0v) is 16.8. The van der Waals surface area contributed by atoms with Crippen LogP contribution in [0.2, 0.25) is 0 Å². The fraction of sp³-hybridized carbons (Fsp3) is 0.455. The smallest absolute Gasteiger partial charge is 0.203 e. The van der Waals surface area contributed by atoms with Crippen LogP contribution in [-0.2, 0) is 6.54 Å². The number of quaternary nitrogens is 2. The second-order valence-corrected chi connectivity index (χ2v) is 7.32. The van der Waals surface area contributed by atoms with Crippen LogP contribution >= 0.6 is 0 Å². The van der Waals surface area contributed by atoms with Gasteiger partial charge in [-0.1, -0.05) is 36.4 Å². The maximum Gasteiger partial charge on any atom is 0.203 e. The largest absolute Gasteiger partial charge is 0.493 e. The molecule has 3 N–H and O–H groups in total. The van der Waals surface area contributed by atoms with Crippen LogP contribution in [0.5, 0.6) is 17.2 Å². The predicted octanol–water partition coefficient (Wildman–Crippen LogP) is -0.573. The number of methoxy groups -OCH3 is 2. The van der Waals surface area contributed by atoms with E-state index >= 15 is 0 Å². The van der Waals surface area contributed by atoms with E-state index in [9.17, 15) is 5.11 Å². The fourth-order valence-electron chi connectivity index (χ4n) is 3.75. The number of piperazine rings is 1. The van der Waals surface area contributed by atoms with Crippen molar-refractivity contribution >= 4 is 0 Å². The summed E-state index contributed by atoms with van der Waals surface area (Å²) in [5.74, 6) is 1.76. The molecular weight excluding hydrogens is 356 g/mol. The third-order valence-corrected chi connectivity index (χ3v) is 5.29. The first-order valence-electron chi connectivity index (χ1n) is 9.92. The SMILES string of the molecule is COc1cccc(OC)c1OC[C@H](O)C[NH+]1CC[NH+](Cc2ccccc2)CC1. The number of hydrogen-bond acceptors (Lipinski definition) is 4. The Morgan fingerprint density at radius 2 is 1.46 bits per heavy atom. The highest BCUT2D eigenvalue weighted by Crippen LogP contribution is 2.36. The normalized spacial score (nSPS) is 20.4. The lowest BCUT2D eigenvalue weighted by molar-refractivity contribution is -1.02. The van der Waals surface area contributed by atoms with Crippen molar-refractivity contribution in [2.75, 3.05) is 53.6 Å². The van der Waals surface area contributed by atoms with Crippen LogP contribution in [0.25, 0.3) is 0 Å². The van der Waals surface area contributed by atoms with Gasteiger partial charge in [0.1, 0.15) is 52.0 Å². The van der Waals surface area contributed by atoms with Gasteiger partial charge in [0.2, 0.25) is 5.75 Å². The van der Waals surface area contributed by atoms with E-state index in [0.29, 0.717) is 23.8 Å². The van der Waals surface area contributed by atoms with E-state index in [-0.39, 0.29) is 6.61 Å². The maximum absolute atomic E-state index is 10.5. The van der Waals surface area contributed by atoms with Crippen LogP contribution in [0.1, 0.15) is 5.56 Å². The lowest BCUT2D eigenvalue weighted by Gasteiger charge is -2.30. The van der Waals surface area contributed by atoms with E-state index in [1.165, 1.54) is 10.5 Å². The van der Waals surface area contributed by atoms with Crippen molar-refractivity contribution in [1.29, 1.82) is 0 Å². The van der Waals surface area contributed by atoms with Crippen molar-refractivity contribution in [3.63, 3.8) is 0 Å². The molecule has 0 bridgehead atoms. The fourth-order valence-corrected chi connectivity index (χ4v) is 3.75. The molecule has 0 saturated carbocycles. The highest BCUT2D eigenvalue weighted by molar-refractivity contribution is 5.51. The molecular formula is C22H32N2O4+2. The molecule has 1 aliphatic rings. The standard InChI is InChI=1S/C22H30N2O4/c1-26-20-9-6-10-21(27-2)22(20)28-17-19(25)16-24-13-11-23(12-14-24)15-18-7-4-3-5-8-18/h3-10,19,25H,11-17H2,1-2H3/p+2/t19-/m1/s1. The van der Waals surface area contributed by atoms with Crippen molar-refractivity contribution in [2.45, 2.75) is 12.6 Å². The van der Waals surface area contributed by atoms with E-state index in [2.05, 4.69) is 30.3 Å². The molecule has 1 atom stereocenters. The molecule has 6 heteroatoms. The van der Waals surface area contributed by atoms with E-state index in [1.807, 2.05) is 18.2 Å². The monoisotopic (exact) mass is 388 g/mol. The van der Waals surface area contributed by atoms with Crippen molar-refractivity contribution in [3.05, 3.63) is 54.1 Å². The number of para-hydroxylation sites is 1. The Balaban J connectivity index is 1.43. The summed E-state index contributed by atoms with van der Waals surface area (Å²) < 4.78 is 16.5. The van der Waals surface area contributed by atoms with Gasteiger partial charge in [0.25, 0.3) is 0 Å². The average molecular weight is 389 g/mol. The molecule has 1 saturated heterocycles. The Kier molecular flexibility index (Phi) is 7.54. The summed E-state index contributed by atoms with van der Waals surface area (Å²) in [6, 6.07) is 16.1. The highest BCUT2D eigenvalue weighted by atomic mass is 16.5. The number of aliphatic hydroxyl groups excluding tert-OH is 1. The van der Waals surface area contributed by atoms with E-state index in [4.69, 9.17) is 14.2 Å². The summed E-state index contributed by atoms with van der Waals surface area (Å²) in [5.41, 5.74) is 1.39. The zero-order chi connectivity index (χ0) is 19.8. The van der Waals surface area contributed by atoms with Gasteiger partial charge in [-0.2, -0.15) is 0 Å². The minimum absolute atomic E-state index is 0.223. The first-order valence-corrected chi connectivity index (χ1v) is 9.92. The molecule has 1 heterocycles. The Labute approximate surface area is 167 Å². The van der Waals surface area contributed by atoms with Gasteiger partial charge >= 0.3 is 0 Å². The summed E-state index contributed by atoms with van der Waals surface area (Å²) in [6.07, 6.45) is -0.528. The number of rotatable bonds is 9. The quantitative estimate of drug-likeness (QED) is 0.539. The third-order valence-electron chi connectivity index (χ3n) is 5.29. The summed E-state index contributed by atoms with van der Waals surface area (Å²) in [7, 11) is 3.19. The molecule has 2 aromatic carbocycles. The average Bonchev–Trinajstić information content (AvgIpc) is 2.74. The first kappa shape index (κ1) is 20.5. The molecule has 1 aliphatic heterocycles. The maximum atomic E-state index is 10.5. The van der Waals surface area contributed by atoms with Gasteiger partial charge in [-0.15, -0.1) is 0 Å². The molecule has 0 radical (unpaired) electrons. The topological polar surface area (TPSA) is 56.8 Å². The highest BCUT2D eigenvalue weighted by Gasteiger charge is 2.25. The molecule has 152 valence electrons. The molecule has 2 aromatic rings. The summed E-state index contributed by atoms with van der Waals surface area (Å²) in [5, 5.41) is 10.5. The van der Waals surface area contributed by atoms with Gasteiger partial charge < -0.3 is 29.1 Å². The van der Waals surface area contributed by atoms with Crippen LogP contribution in [0.3, 0.4) is 0 Å². The second-order valence-electron chi connectivity index (χ2n) is 7.32. The van der Waals surface area contributed by atoms with Crippen molar-refractivity contribution in [2.24, 2.45) is 0 Å². The Bertz CT molecular complexity index is 695. The third kappa shape index (κ3) is 5.61. The van der Waals surface area contributed by atoms with Crippen LogP contribution in [0, 0.1) is 0 Å². The van der Waals surface area contributed by atoms with Crippen molar-refractivity contribution in [3.8, 4) is 17.2 Å². The van der Waals surface area contributed by atoms with Gasteiger partial charge in [0.15, 0.2) is 11.5 Å². The molecule has 0 unspecified atom stereocenters. The lowest BCUT2D eigenvalue weighted by atomic mass is 10.2. The summed E-state index contributed by atoms with van der Waals surface area (Å²) >= 11 is 0. The zero-order valence-electron chi connectivity index (χ0n) is 16.8. The Morgan fingerprint density at radius 1 is 0.857 bits per heavy atom. The predicted molar refractivity (Wildman–Crippen MR) is 107 cm³/mol. The van der Waals surface area contributed by atoms with Crippen molar-refractivity contribution in [1.82, 2.24) is 0 Å².